The van der Waals surface area contributed by atoms with Gasteiger partial charge in [0, 0.05) is 6.08 Å². The second kappa shape index (κ2) is 5.81. The largest absolute Gasteiger partial charge is 0.462 e. The van der Waals surface area contributed by atoms with E-state index >= 15 is 0 Å². The van der Waals surface area contributed by atoms with Gasteiger partial charge in [0.1, 0.15) is 11.5 Å². The first kappa shape index (κ1) is 14.8. The van der Waals surface area contributed by atoms with Crippen LogP contribution >= 0.6 is 12.4 Å². The molecule has 0 aromatic carbocycles. The second-order valence-electron chi connectivity index (χ2n) is 5.10. The Kier molecular flexibility index (Phi) is 4.30. The number of aromatic nitrogens is 2. The van der Waals surface area contributed by atoms with Crippen molar-refractivity contribution in [2.24, 2.45) is 5.73 Å². The van der Waals surface area contributed by atoms with Gasteiger partial charge in [-0.25, -0.2) is 0 Å². The van der Waals surface area contributed by atoms with Crippen molar-refractivity contribution in [3.8, 4) is 0 Å². The van der Waals surface area contributed by atoms with E-state index in [0.29, 0.717) is 11.7 Å². The van der Waals surface area contributed by atoms with E-state index in [1.807, 2.05) is 25.1 Å². The number of nitrogens with zero attached hydrogens (tertiary/aromatic N) is 2. The van der Waals surface area contributed by atoms with Crippen LogP contribution in [0.3, 0.4) is 0 Å². The van der Waals surface area contributed by atoms with E-state index in [9.17, 15) is 0 Å². The normalized spacial score (nSPS) is 17.5. The van der Waals surface area contributed by atoms with E-state index in [0.717, 1.165) is 37.2 Å². The van der Waals surface area contributed by atoms with Crippen molar-refractivity contribution in [3.05, 3.63) is 35.4 Å². The number of hydrogen-bond acceptors (Lipinski definition) is 5. The van der Waals surface area contributed by atoms with Gasteiger partial charge in [-0.3, -0.25) is 0 Å². The van der Waals surface area contributed by atoms with Gasteiger partial charge in [0.05, 0.1) is 5.54 Å². The molecule has 2 N–H and O–H groups in total. The Labute approximate surface area is 123 Å². The quantitative estimate of drug-likeness (QED) is 0.940. The van der Waals surface area contributed by atoms with E-state index in [2.05, 4.69) is 10.1 Å². The highest BCUT2D eigenvalue weighted by Crippen LogP contribution is 2.34. The highest BCUT2D eigenvalue weighted by atomic mass is 35.5. The van der Waals surface area contributed by atoms with Crippen molar-refractivity contribution >= 4 is 24.6 Å². The molecule has 1 aliphatic rings. The Hall–Kier alpha value is -1.59. The molecule has 0 spiro atoms. The van der Waals surface area contributed by atoms with Gasteiger partial charge < -0.3 is 14.7 Å². The fourth-order valence-corrected chi connectivity index (χ4v) is 2.43. The lowest BCUT2D eigenvalue weighted by Crippen LogP contribution is -2.34. The molecule has 2 aromatic rings. The van der Waals surface area contributed by atoms with Crippen LogP contribution < -0.4 is 5.73 Å². The topological polar surface area (TPSA) is 78.1 Å². The third-order valence-electron chi connectivity index (χ3n) is 3.53. The summed E-state index contributed by atoms with van der Waals surface area (Å²) >= 11 is 0. The van der Waals surface area contributed by atoms with Crippen LogP contribution in [0.5, 0.6) is 0 Å². The predicted octanol–water partition coefficient (Wildman–Crippen LogP) is 3.29. The molecule has 0 radical (unpaired) electrons. The van der Waals surface area contributed by atoms with E-state index in [4.69, 9.17) is 14.7 Å². The van der Waals surface area contributed by atoms with Crippen molar-refractivity contribution in [2.75, 3.05) is 0 Å². The maximum Gasteiger partial charge on any atom is 0.250 e. The van der Waals surface area contributed by atoms with Crippen molar-refractivity contribution in [1.82, 2.24) is 10.1 Å². The molecule has 108 valence electrons. The van der Waals surface area contributed by atoms with Crippen LogP contribution in [-0.4, -0.2) is 10.1 Å². The average Bonchev–Trinajstić information content (AvgIpc) is 3.08. The Balaban J connectivity index is 0.00000147. The minimum atomic E-state index is -0.406. The van der Waals surface area contributed by atoms with Crippen LogP contribution in [0, 0.1) is 6.92 Å². The fourth-order valence-electron chi connectivity index (χ4n) is 2.43. The molecule has 1 fully saturated rings. The van der Waals surface area contributed by atoms with Gasteiger partial charge >= 0.3 is 0 Å². The lowest BCUT2D eigenvalue weighted by Gasteiger charge is -2.17. The average molecular weight is 296 g/mol. The number of halogens is 1. The minimum absolute atomic E-state index is 0. The maximum absolute atomic E-state index is 6.28. The molecule has 20 heavy (non-hydrogen) atoms. The summed E-state index contributed by atoms with van der Waals surface area (Å²) in [5.74, 6) is 2.71. The molecule has 2 heterocycles. The SMILES string of the molecule is Cc1ccc(/C=C/c2nc(C3(N)CCCC3)no2)o1.Cl. The summed E-state index contributed by atoms with van der Waals surface area (Å²) < 4.78 is 10.6. The van der Waals surface area contributed by atoms with Gasteiger partial charge in [0.25, 0.3) is 5.89 Å². The van der Waals surface area contributed by atoms with Crippen LogP contribution in [0.4, 0.5) is 0 Å². The summed E-state index contributed by atoms with van der Waals surface area (Å²) in [7, 11) is 0. The van der Waals surface area contributed by atoms with Crippen LogP contribution in [0.15, 0.2) is 21.1 Å². The van der Waals surface area contributed by atoms with Crippen molar-refractivity contribution in [2.45, 2.75) is 38.1 Å². The summed E-state index contributed by atoms with van der Waals surface area (Å²) in [6, 6.07) is 3.80. The molecular weight excluding hydrogens is 278 g/mol. The third-order valence-corrected chi connectivity index (χ3v) is 3.53. The minimum Gasteiger partial charge on any atom is -0.462 e. The molecule has 0 unspecified atom stereocenters. The molecular formula is C14H18ClN3O2. The summed E-state index contributed by atoms with van der Waals surface area (Å²) in [5, 5.41) is 3.99. The fraction of sp³-hybridized carbons (Fsp3) is 0.429. The highest BCUT2D eigenvalue weighted by Gasteiger charge is 2.35. The van der Waals surface area contributed by atoms with Crippen LogP contribution in [0.2, 0.25) is 0 Å². The second-order valence-corrected chi connectivity index (χ2v) is 5.10. The van der Waals surface area contributed by atoms with Gasteiger partial charge in [-0.15, -0.1) is 12.4 Å². The molecule has 0 aliphatic heterocycles. The zero-order chi connectivity index (χ0) is 13.3. The molecule has 0 saturated heterocycles. The molecule has 3 rings (SSSR count). The summed E-state index contributed by atoms with van der Waals surface area (Å²) in [6.45, 7) is 1.90. The molecule has 1 saturated carbocycles. The number of rotatable bonds is 3. The standard InChI is InChI=1S/C14H17N3O2.ClH/c1-10-4-5-11(18-10)6-7-12-16-13(17-19-12)14(15)8-2-3-9-14;/h4-7H,2-3,8-9,15H2,1H3;1H/b7-6+;. The maximum atomic E-state index is 6.28. The Morgan fingerprint density at radius 2 is 2.00 bits per heavy atom. The molecule has 0 atom stereocenters. The van der Waals surface area contributed by atoms with Gasteiger partial charge in [-0.1, -0.05) is 18.0 Å². The van der Waals surface area contributed by atoms with Crippen LogP contribution in [0.25, 0.3) is 12.2 Å². The van der Waals surface area contributed by atoms with Crippen molar-refractivity contribution in [1.29, 1.82) is 0 Å². The molecule has 0 bridgehead atoms. The lowest BCUT2D eigenvalue weighted by atomic mass is 9.99. The van der Waals surface area contributed by atoms with Gasteiger partial charge in [-0.2, -0.15) is 4.98 Å². The zero-order valence-corrected chi connectivity index (χ0v) is 12.2. The molecule has 1 aliphatic carbocycles. The monoisotopic (exact) mass is 295 g/mol. The first-order chi connectivity index (χ1) is 9.16. The summed E-state index contributed by atoms with van der Waals surface area (Å²) in [4.78, 5) is 4.35. The van der Waals surface area contributed by atoms with E-state index in [1.165, 1.54) is 0 Å². The van der Waals surface area contributed by atoms with E-state index in [1.54, 1.807) is 6.08 Å². The summed E-state index contributed by atoms with van der Waals surface area (Å²) in [6.07, 6.45) is 7.65. The van der Waals surface area contributed by atoms with Gasteiger partial charge in [0.2, 0.25) is 0 Å². The van der Waals surface area contributed by atoms with E-state index < -0.39 is 5.54 Å². The number of furan rings is 1. The predicted molar refractivity (Wildman–Crippen MR) is 78.3 cm³/mol. The number of aryl methyl sites for hydroxylation is 1. The Morgan fingerprint density at radius 3 is 2.65 bits per heavy atom. The van der Waals surface area contributed by atoms with E-state index in [-0.39, 0.29) is 12.4 Å². The Morgan fingerprint density at radius 1 is 1.25 bits per heavy atom. The zero-order valence-electron chi connectivity index (χ0n) is 11.3. The molecule has 0 amide bonds. The van der Waals surface area contributed by atoms with Crippen molar-refractivity contribution in [3.63, 3.8) is 0 Å². The Bertz CT molecular complexity index is 597. The first-order valence-electron chi connectivity index (χ1n) is 6.53. The number of nitrogens with two attached hydrogens (primary N) is 1. The van der Waals surface area contributed by atoms with Gasteiger partial charge in [0.15, 0.2) is 5.82 Å². The smallest absolute Gasteiger partial charge is 0.250 e. The third kappa shape index (κ3) is 2.94. The molecule has 6 heteroatoms. The molecule has 5 nitrogen and oxygen atoms in total. The van der Waals surface area contributed by atoms with Crippen molar-refractivity contribution < 1.29 is 8.94 Å². The summed E-state index contributed by atoms with van der Waals surface area (Å²) in [5.41, 5.74) is 5.87. The lowest BCUT2D eigenvalue weighted by molar-refractivity contribution is 0.364. The first-order valence-corrected chi connectivity index (χ1v) is 6.53. The van der Waals surface area contributed by atoms with Crippen LogP contribution in [-0.2, 0) is 5.54 Å². The highest BCUT2D eigenvalue weighted by molar-refractivity contribution is 5.85. The molecule has 2 aromatic heterocycles. The number of hydrogen-bond donors (Lipinski definition) is 1. The van der Waals surface area contributed by atoms with Gasteiger partial charge in [-0.05, 0) is 38.0 Å². The van der Waals surface area contributed by atoms with Crippen LogP contribution in [0.1, 0.15) is 48.9 Å².